The van der Waals surface area contributed by atoms with Crippen LogP contribution in [0, 0.1) is 11.3 Å². The number of aliphatic hydroxyl groups excluding tert-OH is 1. The maximum atomic E-state index is 11.5. The number of hydrogen-bond donors (Lipinski definition) is 2. The monoisotopic (exact) mass is 268 g/mol. The summed E-state index contributed by atoms with van der Waals surface area (Å²) >= 11 is 5.46. The standard InChI is InChI=1S/C12H13ClN2O3/c1-18-12(17)11-4-9(3-2-8(11)6-14)15-7-10(16)5-13/h2-4,10,15-16H,5,7H2,1H3. The highest BCUT2D eigenvalue weighted by molar-refractivity contribution is 6.18. The zero-order chi connectivity index (χ0) is 13.5. The normalized spacial score (nSPS) is 11.4. The van der Waals surface area contributed by atoms with Crippen LogP contribution in [0.2, 0.25) is 0 Å². The lowest BCUT2D eigenvalue weighted by molar-refractivity contribution is 0.0600. The maximum Gasteiger partial charge on any atom is 0.339 e. The van der Waals surface area contributed by atoms with Gasteiger partial charge in [0.2, 0.25) is 0 Å². The first-order chi connectivity index (χ1) is 8.62. The number of carbonyl (C=O) groups excluding carboxylic acids is 1. The molecule has 0 saturated heterocycles. The highest BCUT2D eigenvalue weighted by atomic mass is 35.5. The van der Waals surface area contributed by atoms with E-state index in [1.165, 1.54) is 19.2 Å². The second kappa shape index (κ2) is 6.84. The topological polar surface area (TPSA) is 82.3 Å². The third-order valence-electron chi connectivity index (χ3n) is 2.27. The third-order valence-corrected chi connectivity index (χ3v) is 2.62. The molecule has 0 aliphatic rings. The quantitative estimate of drug-likeness (QED) is 0.622. The minimum Gasteiger partial charge on any atom is -0.465 e. The van der Waals surface area contributed by atoms with Gasteiger partial charge in [0.15, 0.2) is 0 Å². The summed E-state index contributed by atoms with van der Waals surface area (Å²) in [6.45, 7) is 0.260. The van der Waals surface area contributed by atoms with Crippen LogP contribution in [0.1, 0.15) is 15.9 Å². The maximum absolute atomic E-state index is 11.5. The first-order valence-electron chi connectivity index (χ1n) is 5.22. The third kappa shape index (κ3) is 3.62. The minimum atomic E-state index is -0.677. The van der Waals surface area contributed by atoms with Crippen molar-refractivity contribution in [2.75, 3.05) is 24.9 Å². The summed E-state index contributed by atoms with van der Waals surface area (Å²) in [6.07, 6.45) is -0.677. The lowest BCUT2D eigenvalue weighted by Gasteiger charge is -2.11. The molecule has 2 N–H and O–H groups in total. The molecule has 0 spiro atoms. The van der Waals surface area contributed by atoms with E-state index in [0.717, 1.165) is 0 Å². The van der Waals surface area contributed by atoms with Crippen LogP contribution < -0.4 is 5.32 Å². The lowest BCUT2D eigenvalue weighted by Crippen LogP contribution is -2.21. The lowest BCUT2D eigenvalue weighted by atomic mass is 10.1. The van der Waals surface area contributed by atoms with Gasteiger partial charge in [0.1, 0.15) is 6.07 Å². The number of methoxy groups -OCH3 is 1. The molecule has 0 heterocycles. The smallest absolute Gasteiger partial charge is 0.339 e. The second-order valence-electron chi connectivity index (χ2n) is 3.55. The van der Waals surface area contributed by atoms with Gasteiger partial charge in [-0.2, -0.15) is 5.26 Å². The fraction of sp³-hybridized carbons (Fsp3) is 0.333. The summed E-state index contributed by atoms with van der Waals surface area (Å²) in [7, 11) is 1.25. The van der Waals surface area contributed by atoms with Crippen molar-refractivity contribution in [3.8, 4) is 6.07 Å². The van der Waals surface area contributed by atoms with Crippen LogP contribution in [0.15, 0.2) is 18.2 Å². The predicted octanol–water partition coefficient (Wildman–Crippen LogP) is 1.36. The van der Waals surface area contributed by atoms with E-state index in [-0.39, 0.29) is 23.6 Å². The van der Waals surface area contributed by atoms with E-state index in [2.05, 4.69) is 10.1 Å². The Morgan fingerprint density at radius 2 is 2.39 bits per heavy atom. The Bertz CT molecular complexity index is 471. The summed E-state index contributed by atoms with van der Waals surface area (Å²) in [5.41, 5.74) is 1.04. The fourth-order valence-electron chi connectivity index (χ4n) is 1.32. The van der Waals surface area contributed by atoms with E-state index in [0.29, 0.717) is 5.69 Å². The molecule has 96 valence electrons. The molecule has 18 heavy (non-hydrogen) atoms. The number of benzene rings is 1. The molecule has 0 radical (unpaired) electrons. The van der Waals surface area contributed by atoms with Gasteiger partial charge in [0, 0.05) is 12.2 Å². The number of halogens is 1. The molecule has 0 aromatic heterocycles. The van der Waals surface area contributed by atoms with Crippen LogP contribution in [-0.4, -0.2) is 36.7 Å². The van der Waals surface area contributed by atoms with Gasteiger partial charge in [-0.25, -0.2) is 4.79 Å². The van der Waals surface area contributed by atoms with E-state index >= 15 is 0 Å². The number of nitriles is 1. The van der Waals surface area contributed by atoms with Crippen LogP contribution in [0.25, 0.3) is 0 Å². The Hall–Kier alpha value is -1.77. The van der Waals surface area contributed by atoms with Crippen LogP contribution in [0.4, 0.5) is 5.69 Å². The Labute approximate surface area is 110 Å². The van der Waals surface area contributed by atoms with Crippen molar-refractivity contribution in [1.82, 2.24) is 0 Å². The number of ether oxygens (including phenoxy) is 1. The first kappa shape index (κ1) is 14.3. The molecule has 0 fully saturated rings. The van der Waals surface area contributed by atoms with Crippen molar-refractivity contribution < 1.29 is 14.6 Å². The summed E-state index contributed by atoms with van der Waals surface area (Å²) in [4.78, 5) is 11.5. The average molecular weight is 269 g/mol. The summed E-state index contributed by atoms with van der Waals surface area (Å²) in [6, 6.07) is 6.58. The number of rotatable bonds is 5. The summed E-state index contributed by atoms with van der Waals surface area (Å²) in [5, 5.41) is 21.1. The van der Waals surface area contributed by atoms with Crippen molar-refractivity contribution in [2.45, 2.75) is 6.10 Å². The van der Waals surface area contributed by atoms with Crippen molar-refractivity contribution >= 4 is 23.3 Å². The molecule has 1 atom stereocenters. The molecule has 1 aromatic rings. The van der Waals surface area contributed by atoms with E-state index < -0.39 is 12.1 Å². The van der Waals surface area contributed by atoms with Gasteiger partial charge in [-0.1, -0.05) is 0 Å². The van der Waals surface area contributed by atoms with Gasteiger partial charge in [-0.15, -0.1) is 11.6 Å². The van der Waals surface area contributed by atoms with Gasteiger partial charge in [-0.3, -0.25) is 0 Å². The first-order valence-corrected chi connectivity index (χ1v) is 5.76. The Morgan fingerprint density at radius 1 is 1.67 bits per heavy atom. The summed E-state index contributed by atoms with van der Waals surface area (Å²) in [5.74, 6) is -0.458. The van der Waals surface area contributed by atoms with Crippen molar-refractivity contribution in [3.63, 3.8) is 0 Å². The van der Waals surface area contributed by atoms with Crippen molar-refractivity contribution in [3.05, 3.63) is 29.3 Å². The summed E-state index contributed by atoms with van der Waals surface area (Å²) < 4.78 is 4.59. The van der Waals surface area contributed by atoms with E-state index in [9.17, 15) is 9.90 Å². The zero-order valence-electron chi connectivity index (χ0n) is 9.81. The molecule has 5 nitrogen and oxygen atoms in total. The minimum absolute atomic E-state index is 0.118. The number of nitrogens with zero attached hydrogens (tertiary/aromatic N) is 1. The van der Waals surface area contributed by atoms with Crippen LogP contribution >= 0.6 is 11.6 Å². The molecular weight excluding hydrogens is 256 g/mol. The number of carbonyl (C=O) groups is 1. The number of esters is 1. The molecule has 1 unspecified atom stereocenters. The Balaban J connectivity index is 2.90. The van der Waals surface area contributed by atoms with Crippen LogP contribution in [-0.2, 0) is 4.74 Å². The largest absolute Gasteiger partial charge is 0.465 e. The molecular formula is C12H13ClN2O3. The Kier molecular flexibility index (Phi) is 5.43. The predicted molar refractivity (Wildman–Crippen MR) is 67.7 cm³/mol. The molecule has 0 aliphatic carbocycles. The SMILES string of the molecule is COC(=O)c1cc(NCC(O)CCl)ccc1C#N. The van der Waals surface area contributed by atoms with Crippen LogP contribution in [0.5, 0.6) is 0 Å². The van der Waals surface area contributed by atoms with E-state index in [4.69, 9.17) is 16.9 Å². The molecule has 0 amide bonds. The number of hydrogen-bond acceptors (Lipinski definition) is 5. The van der Waals surface area contributed by atoms with Crippen LogP contribution in [0.3, 0.4) is 0 Å². The molecule has 0 aliphatic heterocycles. The zero-order valence-corrected chi connectivity index (χ0v) is 10.6. The second-order valence-corrected chi connectivity index (χ2v) is 3.86. The number of nitrogens with one attached hydrogen (secondary N) is 1. The molecule has 1 aromatic carbocycles. The number of anilines is 1. The highest BCUT2D eigenvalue weighted by Gasteiger charge is 2.12. The highest BCUT2D eigenvalue weighted by Crippen LogP contribution is 2.16. The van der Waals surface area contributed by atoms with E-state index in [1.54, 1.807) is 6.07 Å². The molecule has 0 bridgehead atoms. The Morgan fingerprint density at radius 3 is 2.94 bits per heavy atom. The average Bonchev–Trinajstić information content (AvgIpc) is 2.43. The molecule has 1 rings (SSSR count). The van der Waals surface area contributed by atoms with E-state index in [1.807, 2.05) is 6.07 Å². The molecule has 0 saturated carbocycles. The van der Waals surface area contributed by atoms with Gasteiger partial charge in [0.05, 0.1) is 30.2 Å². The number of alkyl halides is 1. The van der Waals surface area contributed by atoms with Crippen molar-refractivity contribution in [1.29, 1.82) is 5.26 Å². The van der Waals surface area contributed by atoms with Gasteiger partial charge in [-0.05, 0) is 18.2 Å². The molecule has 6 heteroatoms. The number of aliphatic hydroxyl groups is 1. The fourth-order valence-corrected chi connectivity index (χ4v) is 1.43. The van der Waals surface area contributed by atoms with Gasteiger partial charge in [0.25, 0.3) is 0 Å². The van der Waals surface area contributed by atoms with Gasteiger partial charge < -0.3 is 15.2 Å². The van der Waals surface area contributed by atoms with Crippen molar-refractivity contribution in [2.24, 2.45) is 0 Å². The van der Waals surface area contributed by atoms with Gasteiger partial charge >= 0.3 is 5.97 Å².